The highest BCUT2D eigenvalue weighted by Gasteiger charge is 2.43. The summed E-state index contributed by atoms with van der Waals surface area (Å²) in [6.07, 6.45) is 5.04. The van der Waals surface area contributed by atoms with Gasteiger partial charge in [-0.3, -0.25) is 14.5 Å². The maximum absolute atomic E-state index is 13.5. The van der Waals surface area contributed by atoms with Crippen LogP contribution < -0.4 is 9.47 Å². The van der Waals surface area contributed by atoms with Crippen LogP contribution in [0.15, 0.2) is 65.9 Å². The molecule has 2 heterocycles. The molecule has 2 aliphatic rings. The highest BCUT2D eigenvalue weighted by atomic mass is 16.5. The minimum atomic E-state index is -0.754. The number of hydrogen-bond acceptors (Lipinski definition) is 7. The number of allylic oxidation sites excluding steroid dienone is 1. The van der Waals surface area contributed by atoms with E-state index in [-0.39, 0.29) is 5.57 Å². The van der Waals surface area contributed by atoms with E-state index in [0.29, 0.717) is 56.6 Å². The molecule has 1 atom stereocenters. The molecule has 1 unspecified atom stereocenters. The number of rotatable bonds is 13. The number of morpholine rings is 1. The Morgan fingerprint density at radius 2 is 1.82 bits per heavy atom. The SMILES string of the molecule is CCCCOc1ccc(C2C(C(=O)C=Cc3ccccc3)=C(O)C(=O)N2CCN2CCOCC2)cc1OCC. The van der Waals surface area contributed by atoms with Gasteiger partial charge in [-0.2, -0.15) is 0 Å². The molecule has 2 aromatic carbocycles. The number of aliphatic hydroxyl groups excluding tert-OH is 1. The number of benzene rings is 2. The van der Waals surface area contributed by atoms with Crippen molar-refractivity contribution in [1.82, 2.24) is 9.80 Å². The summed E-state index contributed by atoms with van der Waals surface area (Å²) in [5.74, 6) is -0.310. The van der Waals surface area contributed by atoms with Gasteiger partial charge in [-0.15, -0.1) is 0 Å². The summed E-state index contributed by atoms with van der Waals surface area (Å²) in [6, 6.07) is 14.2. The van der Waals surface area contributed by atoms with E-state index in [1.165, 1.54) is 6.08 Å². The minimum absolute atomic E-state index is 0.0660. The first-order valence-electron chi connectivity index (χ1n) is 13.7. The van der Waals surface area contributed by atoms with Crippen LogP contribution in [0.3, 0.4) is 0 Å². The summed E-state index contributed by atoms with van der Waals surface area (Å²) in [6.45, 7) is 8.79. The third-order valence-corrected chi connectivity index (χ3v) is 6.90. The number of hydrogen-bond donors (Lipinski definition) is 1. The first kappa shape index (κ1) is 28.4. The number of aliphatic hydroxyl groups is 1. The Hall–Kier alpha value is -3.62. The molecule has 2 aromatic rings. The Morgan fingerprint density at radius 3 is 2.54 bits per heavy atom. The average molecular weight is 535 g/mol. The van der Waals surface area contributed by atoms with Crippen molar-refractivity contribution >= 4 is 17.8 Å². The zero-order valence-corrected chi connectivity index (χ0v) is 22.8. The van der Waals surface area contributed by atoms with Crippen LogP contribution in [0.4, 0.5) is 0 Å². The van der Waals surface area contributed by atoms with Crippen LogP contribution in [0, 0.1) is 0 Å². The summed E-state index contributed by atoms with van der Waals surface area (Å²) in [5.41, 5.74) is 1.59. The smallest absolute Gasteiger partial charge is 0.290 e. The molecule has 4 rings (SSSR count). The lowest BCUT2D eigenvalue weighted by molar-refractivity contribution is -0.129. The van der Waals surface area contributed by atoms with E-state index < -0.39 is 23.5 Å². The third-order valence-electron chi connectivity index (χ3n) is 6.90. The van der Waals surface area contributed by atoms with Gasteiger partial charge in [-0.25, -0.2) is 0 Å². The van der Waals surface area contributed by atoms with Gasteiger partial charge < -0.3 is 24.2 Å². The molecule has 1 amide bonds. The minimum Gasteiger partial charge on any atom is -0.503 e. The zero-order chi connectivity index (χ0) is 27.6. The molecule has 0 bridgehead atoms. The second-order valence-electron chi connectivity index (χ2n) is 9.57. The predicted octanol–water partition coefficient (Wildman–Crippen LogP) is 4.57. The van der Waals surface area contributed by atoms with Crippen molar-refractivity contribution in [3.05, 3.63) is 77.1 Å². The molecule has 208 valence electrons. The fourth-order valence-electron chi connectivity index (χ4n) is 4.79. The van der Waals surface area contributed by atoms with Gasteiger partial charge >= 0.3 is 0 Å². The van der Waals surface area contributed by atoms with Crippen molar-refractivity contribution in [3.8, 4) is 11.5 Å². The number of nitrogens with zero attached hydrogens (tertiary/aromatic N) is 2. The van der Waals surface area contributed by atoms with E-state index in [0.717, 1.165) is 31.5 Å². The average Bonchev–Trinajstić information content (AvgIpc) is 3.22. The molecule has 8 nitrogen and oxygen atoms in total. The maximum atomic E-state index is 13.5. The summed E-state index contributed by atoms with van der Waals surface area (Å²) >= 11 is 0. The molecule has 0 aliphatic carbocycles. The molecule has 2 aliphatic heterocycles. The molecule has 1 fully saturated rings. The number of carbonyl (C=O) groups excluding carboxylic acids is 2. The Morgan fingerprint density at radius 1 is 1.05 bits per heavy atom. The quantitative estimate of drug-likeness (QED) is 0.297. The van der Waals surface area contributed by atoms with Gasteiger partial charge in [-0.1, -0.05) is 55.8 Å². The van der Waals surface area contributed by atoms with E-state index in [2.05, 4.69) is 11.8 Å². The highest BCUT2D eigenvalue weighted by Crippen LogP contribution is 2.41. The summed E-state index contributed by atoms with van der Waals surface area (Å²) in [7, 11) is 0. The van der Waals surface area contributed by atoms with Crippen LogP contribution in [-0.2, 0) is 14.3 Å². The lowest BCUT2D eigenvalue weighted by Gasteiger charge is -2.31. The van der Waals surface area contributed by atoms with Crippen LogP contribution in [0.25, 0.3) is 6.08 Å². The molecular formula is C31H38N2O6. The van der Waals surface area contributed by atoms with Crippen molar-refractivity contribution in [2.75, 3.05) is 52.6 Å². The molecule has 0 saturated carbocycles. The largest absolute Gasteiger partial charge is 0.503 e. The van der Waals surface area contributed by atoms with Gasteiger partial charge in [0.05, 0.1) is 38.0 Å². The van der Waals surface area contributed by atoms with Gasteiger partial charge in [0.15, 0.2) is 23.0 Å². The number of amides is 1. The third kappa shape index (κ3) is 7.07. The van der Waals surface area contributed by atoms with Crippen molar-refractivity contribution in [2.45, 2.75) is 32.7 Å². The standard InChI is InChI=1S/C31H38N2O6/c1-3-5-19-39-26-14-12-24(22-27(26)38-4-2)29-28(25(34)13-11-23-9-7-6-8-10-23)30(35)31(36)33(29)16-15-32-17-20-37-21-18-32/h6-14,22,29,35H,3-5,15-21H2,1-2H3. The maximum Gasteiger partial charge on any atom is 0.290 e. The monoisotopic (exact) mass is 534 g/mol. The van der Waals surface area contributed by atoms with E-state index in [9.17, 15) is 14.7 Å². The number of carbonyl (C=O) groups is 2. The van der Waals surface area contributed by atoms with Gasteiger partial charge in [0.1, 0.15) is 0 Å². The number of ketones is 1. The number of ether oxygens (including phenoxy) is 3. The van der Waals surface area contributed by atoms with Crippen molar-refractivity contribution < 1.29 is 28.9 Å². The fraction of sp³-hybridized carbons (Fsp3) is 0.419. The van der Waals surface area contributed by atoms with Crippen LogP contribution in [-0.4, -0.2) is 79.2 Å². The Balaban J connectivity index is 1.67. The van der Waals surface area contributed by atoms with Crippen molar-refractivity contribution in [1.29, 1.82) is 0 Å². The Bertz CT molecular complexity index is 1190. The molecule has 0 radical (unpaired) electrons. The number of unbranched alkanes of at least 4 members (excludes halogenated alkanes) is 1. The molecule has 0 aromatic heterocycles. The van der Waals surface area contributed by atoms with E-state index in [1.54, 1.807) is 11.0 Å². The van der Waals surface area contributed by atoms with Crippen LogP contribution >= 0.6 is 0 Å². The highest BCUT2D eigenvalue weighted by molar-refractivity contribution is 6.14. The van der Waals surface area contributed by atoms with E-state index in [1.807, 2.05) is 55.5 Å². The van der Waals surface area contributed by atoms with Crippen LogP contribution in [0.1, 0.15) is 43.9 Å². The summed E-state index contributed by atoms with van der Waals surface area (Å²) in [4.78, 5) is 30.6. The van der Waals surface area contributed by atoms with E-state index in [4.69, 9.17) is 14.2 Å². The van der Waals surface area contributed by atoms with E-state index >= 15 is 0 Å². The topological polar surface area (TPSA) is 88.5 Å². The van der Waals surface area contributed by atoms with Crippen LogP contribution in [0.5, 0.6) is 11.5 Å². The zero-order valence-electron chi connectivity index (χ0n) is 22.8. The van der Waals surface area contributed by atoms with Crippen molar-refractivity contribution in [3.63, 3.8) is 0 Å². The Kier molecular flexibility index (Phi) is 10.2. The molecular weight excluding hydrogens is 496 g/mol. The normalized spacial score (nSPS) is 18.3. The van der Waals surface area contributed by atoms with Gasteiger partial charge in [0, 0.05) is 26.2 Å². The first-order valence-corrected chi connectivity index (χ1v) is 13.7. The molecule has 1 saturated heterocycles. The molecule has 1 N–H and O–H groups in total. The lowest BCUT2D eigenvalue weighted by Crippen LogP contribution is -2.43. The second-order valence-corrected chi connectivity index (χ2v) is 9.57. The summed E-state index contributed by atoms with van der Waals surface area (Å²) < 4.78 is 17.3. The van der Waals surface area contributed by atoms with Crippen LogP contribution in [0.2, 0.25) is 0 Å². The summed E-state index contributed by atoms with van der Waals surface area (Å²) in [5, 5.41) is 11.0. The predicted molar refractivity (Wildman–Crippen MR) is 150 cm³/mol. The van der Waals surface area contributed by atoms with Gasteiger partial charge in [0.2, 0.25) is 0 Å². The lowest BCUT2D eigenvalue weighted by atomic mass is 9.95. The van der Waals surface area contributed by atoms with Crippen molar-refractivity contribution in [2.24, 2.45) is 0 Å². The fourth-order valence-corrected chi connectivity index (χ4v) is 4.79. The molecule has 39 heavy (non-hydrogen) atoms. The van der Waals surface area contributed by atoms with Gasteiger partial charge in [0.25, 0.3) is 5.91 Å². The molecule has 0 spiro atoms. The van der Waals surface area contributed by atoms with Gasteiger partial charge in [-0.05, 0) is 42.7 Å². The molecule has 8 heteroatoms. The Labute approximate surface area is 230 Å². The first-order chi connectivity index (χ1) is 19.0. The second kappa shape index (κ2) is 14.0.